The van der Waals surface area contributed by atoms with E-state index < -0.39 is 5.54 Å². The molecule has 2 saturated heterocycles. The molecule has 6 nitrogen and oxygen atoms in total. The zero-order chi connectivity index (χ0) is 19.2. The Bertz CT molecular complexity index is 516. The molecule has 0 bridgehead atoms. The van der Waals surface area contributed by atoms with Crippen LogP contribution in [0.3, 0.4) is 0 Å². The maximum Gasteiger partial charge on any atom is 0.251 e. The van der Waals surface area contributed by atoms with E-state index in [0.717, 1.165) is 58.5 Å². The van der Waals surface area contributed by atoms with Crippen molar-refractivity contribution in [1.29, 1.82) is 0 Å². The van der Waals surface area contributed by atoms with E-state index >= 15 is 0 Å². The third-order valence-corrected chi connectivity index (χ3v) is 5.81. The zero-order valence-electron chi connectivity index (χ0n) is 16.6. The van der Waals surface area contributed by atoms with Gasteiger partial charge < -0.3 is 15.1 Å². The molecule has 0 aliphatic carbocycles. The molecule has 2 aliphatic rings. The molecule has 0 radical (unpaired) electrons. The highest BCUT2D eigenvalue weighted by atomic mass is 32.1. The van der Waals surface area contributed by atoms with Gasteiger partial charge in [0.2, 0.25) is 5.91 Å². The van der Waals surface area contributed by atoms with E-state index in [2.05, 4.69) is 17.1 Å². The Labute approximate surface area is 163 Å². The molecular formula is C19H34N4O2S. The molecule has 0 unspecified atom stereocenters. The van der Waals surface area contributed by atoms with Crippen molar-refractivity contribution < 1.29 is 9.59 Å². The second kappa shape index (κ2) is 9.65. The monoisotopic (exact) mass is 382 g/mol. The van der Waals surface area contributed by atoms with Gasteiger partial charge >= 0.3 is 0 Å². The van der Waals surface area contributed by atoms with Gasteiger partial charge in [-0.2, -0.15) is 0 Å². The standard InChI is InChI=1S/C19H34N4O2S/c1-4-9-16(24)22-14-12-21(13-15-22)10-7-5-6-8-11-23-18(26)20-17(25)19(23,2)3/h4-15H2,1-3H3,(H,20,25,26). The minimum Gasteiger partial charge on any atom is -0.340 e. The van der Waals surface area contributed by atoms with Gasteiger partial charge in [-0.25, -0.2) is 0 Å². The summed E-state index contributed by atoms with van der Waals surface area (Å²) >= 11 is 5.26. The Hall–Kier alpha value is -1.21. The summed E-state index contributed by atoms with van der Waals surface area (Å²) in [6.07, 6.45) is 6.20. The average Bonchev–Trinajstić information content (AvgIpc) is 2.80. The lowest BCUT2D eigenvalue weighted by atomic mass is 10.0. The van der Waals surface area contributed by atoms with Crippen molar-refractivity contribution in [3.63, 3.8) is 0 Å². The molecule has 0 saturated carbocycles. The molecule has 2 fully saturated rings. The number of carbonyl (C=O) groups excluding carboxylic acids is 2. The van der Waals surface area contributed by atoms with Gasteiger partial charge in [-0.05, 0) is 51.9 Å². The predicted molar refractivity (Wildman–Crippen MR) is 108 cm³/mol. The van der Waals surface area contributed by atoms with Crippen molar-refractivity contribution in [2.45, 2.75) is 64.8 Å². The second-order valence-electron chi connectivity index (χ2n) is 7.86. The van der Waals surface area contributed by atoms with E-state index in [0.29, 0.717) is 17.4 Å². The van der Waals surface area contributed by atoms with Crippen LogP contribution in [-0.2, 0) is 9.59 Å². The van der Waals surface area contributed by atoms with Crippen LogP contribution in [-0.4, -0.2) is 76.4 Å². The molecular weight excluding hydrogens is 348 g/mol. The fourth-order valence-corrected chi connectivity index (χ4v) is 4.04. The van der Waals surface area contributed by atoms with Crippen molar-refractivity contribution in [1.82, 2.24) is 20.0 Å². The SMILES string of the molecule is CCCC(=O)N1CCN(CCCCCCN2C(=S)NC(=O)C2(C)C)CC1. The number of nitrogens with zero attached hydrogens (tertiary/aromatic N) is 3. The molecule has 0 aromatic heterocycles. The first-order valence-electron chi connectivity index (χ1n) is 9.99. The van der Waals surface area contributed by atoms with Gasteiger partial charge in [0.1, 0.15) is 5.54 Å². The Morgan fingerprint density at radius 3 is 2.23 bits per heavy atom. The number of amides is 2. The molecule has 26 heavy (non-hydrogen) atoms. The molecule has 0 spiro atoms. The summed E-state index contributed by atoms with van der Waals surface area (Å²) in [5.41, 5.74) is -0.522. The van der Waals surface area contributed by atoms with Crippen LogP contribution in [0.4, 0.5) is 0 Å². The Morgan fingerprint density at radius 1 is 1.08 bits per heavy atom. The van der Waals surface area contributed by atoms with Gasteiger partial charge in [0.05, 0.1) is 0 Å². The van der Waals surface area contributed by atoms with Gasteiger partial charge in [0, 0.05) is 39.1 Å². The predicted octanol–water partition coefficient (Wildman–Crippen LogP) is 1.99. The first kappa shape index (κ1) is 21.1. The van der Waals surface area contributed by atoms with E-state index in [4.69, 9.17) is 12.2 Å². The molecule has 0 aromatic rings. The number of hydrogen-bond acceptors (Lipinski definition) is 4. The van der Waals surface area contributed by atoms with Crippen molar-refractivity contribution in [3.8, 4) is 0 Å². The van der Waals surface area contributed by atoms with E-state index in [1.165, 1.54) is 12.8 Å². The van der Waals surface area contributed by atoms with Crippen LogP contribution in [0.25, 0.3) is 0 Å². The van der Waals surface area contributed by atoms with Crippen LogP contribution in [0.1, 0.15) is 59.3 Å². The van der Waals surface area contributed by atoms with Gasteiger partial charge in [-0.3, -0.25) is 14.5 Å². The van der Waals surface area contributed by atoms with Crippen molar-refractivity contribution in [2.24, 2.45) is 0 Å². The number of thiocarbonyl (C=S) groups is 1. The third kappa shape index (κ3) is 5.39. The first-order chi connectivity index (χ1) is 12.4. The van der Waals surface area contributed by atoms with Gasteiger partial charge in [0.25, 0.3) is 5.91 Å². The summed E-state index contributed by atoms with van der Waals surface area (Å²) in [7, 11) is 0. The summed E-state index contributed by atoms with van der Waals surface area (Å²) in [5.74, 6) is 0.307. The van der Waals surface area contributed by atoms with Crippen molar-refractivity contribution >= 4 is 29.1 Å². The lowest BCUT2D eigenvalue weighted by molar-refractivity contribution is -0.133. The van der Waals surface area contributed by atoms with Gasteiger partial charge in [-0.1, -0.05) is 19.8 Å². The molecule has 148 valence electrons. The van der Waals surface area contributed by atoms with E-state index in [9.17, 15) is 9.59 Å². The number of carbonyl (C=O) groups is 2. The Balaban J connectivity index is 1.55. The summed E-state index contributed by atoms with van der Waals surface area (Å²) in [6, 6.07) is 0. The molecule has 0 atom stereocenters. The van der Waals surface area contributed by atoms with Crippen LogP contribution in [0, 0.1) is 0 Å². The minimum absolute atomic E-state index is 0.000870. The van der Waals surface area contributed by atoms with E-state index in [1.807, 2.05) is 23.6 Å². The van der Waals surface area contributed by atoms with E-state index in [-0.39, 0.29) is 5.91 Å². The zero-order valence-corrected chi connectivity index (χ0v) is 17.4. The fraction of sp³-hybridized carbons (Fsp3) is 0.842. The molecule has 2 aliphatic heterocycles. The van der Waals surface area contributed by atoms with Gasteiger partial charge in [0.15, 0.2) is 5.11 Å². The van der Waals surface area contributed by atoms with Crippen LogP contribution in [0.15, 0.2) is 0 Å². The summed E-state index contributed by atoms with van der Waals surface area (Å²) in [4.78, 5) is 30.3. The summed E-state index contributed by atoms with van der Waals surface area (Å²) in [6.45, 7) is 11.6. The highest BCUT2D eigenvalue weighted by Crippen LogP contribution is 2.21. The first-order valence-corrected chi connectivity index (χ1v) is 10.4. The Kier molecular flexibility index (Phi) is 7.83. The lowest BCUT2D eigenvalue weighted by Crippen LogP contribution is -2.48. The molecule has 7 heteroatoms. The average molecular weight is 383 g/mol. The maximum absolute atomic E-state index is 11.9. The van der Waals surface area contributed by atoms with Crippen LogP contribution in [0.5, 0.6) is 0 Å². The van der Waals surface area contributed by atoms with Gasteiger partial charge in [-0.15, -0.1) is 0 Å². The summed E-state index contributed by atoms with van der Waals surface area (Å²) < 4.78 is 0. The second-order valence-corrected chi connectivity index (χ2v) is 8.24. The normalized spacial score (nSPS) is 20.6. The van der Waals surface area contributed by atoms with E-state index in [1.54, 1.807) is 0 Å². The molecule has 2 amide bonds. The van der Waals surface area contributed by atoms with Crippen molar-refractivity contribution in [3.05, 3.63) is 0 Å². The molecule has 1 N–H and O–H groups in total. The Morgan fingerprint density at radius 2 is 1.69 bits per heavy atom. The lowest BCUT2D eigenvalue weighted by Gasteiger charge is -2.34. The largest absolute Gasteiger partial charge is 0.340 e. The molecule has 0 aromatic carbocycles. The number of unbranched alkanes of at least 4 members (excludes halogenated alkanes) is 3. The fourth-order valence-electron chi connectivity index (χ4n) is 3.63. The number of hydrogen-bond donors (Lipinski definition) is 1. The quantitative estimate of drug-likeness (QED) is 0.488. The molecule has 2 heterocycles. The number of piperazine rings is 1. The van der Waals surface area contributed by atoms with Crippen LogP contribution in [0.2, 0.25) is 0 Å². The van der Waals surface area contributed by atoms with Crippen LogP contribution < -0.4 is 5.32 Å². The number of rotatable bonds is 9. The van der Waals surface area contributed by atoms with Crippen molar-refractivity contribution in [2.75, 3.05) is 39.3 Å². The van der Waals surface area contributed by atoms with Crippen LogP contribution >= 0.6 is 12.2 Å². The topological polar surface area (TPSA) is 55.9 Å². The highest BCUT2D eigenvalue weighted by Gasteiger charge is 2.42. The highest BCUT2D eigenvalue weighted by molar-refractivity contribution is 7.80. The maximum atomic E-state index is 11.9. The number of nitrogens with one attached hydrogen (secondary N) is 1. The third-order valence-electron chi connectivity index (χ3n) is 5.49. The summed E-state index contributed by atoms with van der Waals surface area (Å²) in [5, 5.41) is 3.32. The smallest absolute Gasteiger partial charge is 0.251 e. The minimum atomic E-state index is -0.522. The molecule has 2 rings (SSSR count).